The van der Waals surface area contributed by atoms with Gasteiger partial charge in [0.2, 0.25) is 0 Å². The van der Waals surface area contributed by atoms with Crippen LogP contribution in [0.5, 0.6) is 0 Å². The molecule has 0 aliphatic heterocycles. The van der Waals surface area contributed by atoms with Gasteiger partial charge in [0.1, 0.15) is 0 Å². The maximum Gasteiger partial charge on any atom is 0.159 e. The molecule has 2 nitrogen and oxygen atoms in total. The molecule has 1 aromatic heterocycles. The molecule has 4 heteroatoms. The maximum absolute atomic E-state index is 4.27. The molecular weight excluding hydrogens is 320 g/mol. The van der Waals surface area contributed by atoms with Gasteiger partial charge in [0.25, 0.3) is 0 Å². The van der Waals surface area contributed by atoms with Gasteiger partial charge in [-0.25, -0.2) is 4.98 Å². The van der Waals surface area contributed by atoms with Crippen LogP contribution in [0.1, 0.15) is 31.2 Å². The quantitative estimate of drug-likeness (QED) is 0.802. The van der Waals surface area contributed by atoms with Crippen LogP contribution < -0.4 is 0 Å². The van der Waals surface area contributed by atoms with Gasteiger partial charge in [-0.15, -0.1) is 11.3 Å². The molecule has 0 radical (unpaired) electrons. The van der Waals surface area contributed by atoms with Crippen LogP contribution in [0.15, 0.2) is 40.4 Å². The summed E-state index contributed by atoms with van der Waals surface area (Å²) in [4.78, 5) is 8.03. The fourth-order valence-electron chi connectivity index (χ4n) is 1.88. The minimum Gasteiger partial charge on any atom is -0.289 e. The Kier molecular flexibility index (Phi) is 4.76. The Hall–Kier alpha value is -0.710. The number of rotatable bonds is 4. The van der Waals surface area contributed by atoms with E-state index in [4.69, 9.17) is 0 Å². The lowest BCUT2D eigenvalue weighted by Gasteiger charge is -2.35. The van der Waals surface area contributed by atoms with Crippen LogP contribution in [0.25, 0.3) is 0 Å². The van der Waals surface area contributed by atoms with Crippen LogP contribution in [0, 0.1) is 0 Å². The summed E-state index contributed by atoms with van der Waals surface area (Å²) in [5.74, 6) is 0. The lowest BCUT2D eigenvalue weighted by atomic mass is 10.0. The van der Waals surface area contributed by atoms with E-state index in [1.165, 1.54) is 10.4 Å². The van der Waals surface area contributed by atoms with Crippen LogP contribution in [0.3, 0.4) is 0 Å². The summed E-state index contributed by atoms with van der Waals surface area (Å²) in [5.41, 5.74) is 1.48. The molecular formula is C15H19BrN2S. The SMILES string of the molecule is CC(C)(C)N(Cc1ccccc1)Cc1cnc(Br)s1. The standard InChI is InChI=1S/C15H19BrN2S/c1-15(2,3)18(10-12-7-5-4-6-8-12)11-13-9-17-14(16)19-13/h4-9H,10-11H2,1-3H3. The van der Waals surface area contributed by atoms with E-state index in [1.54, 1.807) is 11.3 Å². The summed E-state index contributed by atoms with van der Waals surface area (Å²) in [6.07, 6.45) is 1.96. The number of aromatic nitrogens is 1. The van der Waals surface area contributed by atoms with Gasteiger partial charge >= 0.3 is 0 Å². The third-order valence-electron chi connectivity index (χ3n) is 3.04. The zero-order chi connectivity index (χ0) is 13.9. The summed E-state index contributed by atoms with van der Waals surface area (Å²) in [7, 11) is 0. The van der Waals surface area contributed by atoms with Crippen molar-refractivity contribution >= 4 is 27.3 Å². The Labute approximate surface area is 127 Å². The van der Waals surface area contributed by atoms with Gasteiger partial charge < -0.3 is 0 Å². The maximum atomic E-state index is 4.27. The highest BCUT2D eigenvalue weighted by atomic mass is 79.9. The molecule has 0 N–H and O–H groups in total. The predicted molar refractivity (Wildman–Crippen MR) is 85.3 cm³/mol. The Morgan fingerprint density at radius 1 is 1.16 bits per heavy atom. The highest BCUT2D eigenvalue weighted by molar-refractivity contribution is 9.11. The zero-order valence-corrected chi connectivity index (χ0v) is 14.0. The van der Waals surface area contributed by atoms with Crippen molar-refractivity contribution in [3.8, 4) is 0 Å². The first kappa shape index (κ1) is 14.7. The van der Waals surface area contributed by atoms with Crippen LogP contribution in [0.4, 0.5) is 0 Å². The average Bonchev–Trinajstić information content (AvgIpc) is 2.74. The van der Waals surface area contributed by atoms with Gasteiger partial charge in [0.05, 0.1) is 0 Å². The largest absolute Gasteiger partial charge is 0.289 e. The molecule has 1 heterocycles. The Morgan fingerprint density at radius 2 is 1.84 bits per heavy atom. The van der Waals surface area contributed by atoms with Crippen LogP contribution in [-0.4, -0.2) is 15.4 Å². The van der Waals surface area contributed by atoms with Crippen molar-refractivity contribution in [2.24, 2.45) is 0 Å². The van der Waals surface area contributed by atoms with Crippen molar-refractivity contribution in [2.45, 2.75) is 39.4 Å². The first-order valence-electron chi connectivity index (χ1n) is 6.34. The van der Waals surface area contributed by atoms with Crippen molar-refractivity contribution < 1.29 is 0 Å². The molecule has 0 saturated carbocycles. The lowest BCUT2D eigenvalue weighted by molar-refractivity contribution is 0.120. The number of benzene rings is 1. The van der Waals surface area contributed by atoms with Gasteiger partial charge in [0.15, 0.2) is 3.92 Å². The monoisotopic (exact) mass is 338 g/mol. The van der Waals surface area contributed by atoms with E-state index >= 15 is 0 Å². The molecule has 0 aliphatic carbocycles. The first-order valence-corrected chi connectivity index (χ1v) is 7.95. The molecule has 0 atom stereocenters. The molecule has 2 aromatic rings. The molecule has 0 aliphatic rings. The highest BCUT2D eigenvalue weighted by Crippen LogP contribution is 2.25. The van der Waals surface area contributed by atoms with Gasteiger partial charge in [-0.1, -0.05) is 30.3 Å². The molecule has 102 valence electrons. The minimum absolute atomic E-state index is 0.131. The second-order valence-corrected chi connectivity index (χ2v) is 7.98. The number of nitrogens with zero attached hydrogens (tertiary/aromatic N) is 2. The van der Waals surface area contributed by atoms with Crippen molar-refractivity contribution in [3.63, 3.8) is 0 Å². The zero-order valence-electron chi connectivity index (χ0n) is 11.6. The Balaban J connectivity index is 2.13. The van der Waals surface area contributed by atoms with Crippen LogP contribution in [0.2, 0.25) is 0 Å². The third-order valence-corrected chi connectivity index (χ3v) is 4.50. The van der Waals surface area contributed by atoms with Gasteiger partial charge in [-0.05, 0) is 42.3 Å². The topological polar surface area (TPSA) is 16.1 Å². The van der Waals surface area contributed by atoms with E-state index < -0.39 is 0 Å². The first-order chi connectivity index (χ1) is 8.95. The number of halogens is 1. The predicted octanol–water partition coefficient (Wildman–Crippen LogP) is 4.71. The van der Waals surface area contributed by atoms with Crippen molar-refractivity contribution in [1.29, 1.82) is 0 Å². The average molecular weight is 339 g/mol. The molecule has 19 heavy (non-hydrogen) atoms. The normalized spacial score (nSPS) is 12.1. The van der Waals surface area contributed by atoms with E-state index in [2.05, 4.69) is 76.9 Å². The van der Waals surface area contributed by atoms with E-state index in [0.717, 1.165) is 17.0 Å². The molecule has 0 amide bonds. The molecule has 1 aromatic carbocycles. The highest BCUT2D eigenvalue weighted by Gasteiger charge is 2.22. The van der Waals surface area contributed by atoms with E-state index in [0.29, 0.717) is 0 Å². The van der Waals surface area contributed by atoms with E-state index in [9.17, 15) is 0 Å². The summed E-state index contributed by atoms with van der Waals surface area (Å²) in [6.45, 7) is 8.66. The summed E-state index contributed by atoms with van der Waals surface area (Å²) in [6, 6.07) is 10.6. The number of thiazole rings is 1. The van der Waals surface area contributed by atoms with Crippen molar-refractivity contribution in [1.82, 2.24) is 9.88 Å². The second kappa shape index (κ2) is 6.16. The Bertz CT molecular complexity index is 516. The minimum atomic E-state index is 0.131. The van der Waals surface area contributed by atoms with Crippen molar-refractivity contribution in [3.05, 3.63) is 50.9 Å². The molecule has 2 rings (SSSR count). The van der Waals surface area contributed by atoms with Crippen LogP contribution in [-0.2, 0) is 13.1 Å². The lowest BCUT2D eigenvalue weighted by Crippen LogP contribution is -2.40. The Morgan fingerprint density at radius 3 is 2.37 bits per heavy atom. The number of hydrogen-bond acceptors (Lipinski definition) is 3. The molecule has 0 saturated heterocycles. The summed E-state index contributed by atoms with van der Waals surface area (Å²) >= 11 is 5.13. The molecule has 0 bridgehead atoms. The molecule has 0 unspecified atom stereocenters. The summed E-state index contributed by atoms with van der Waals surface area (Å²) < 4.78 is 0.955. The van der Waals surface area contributed by atoms with Crippen LogP contribution >= 0.6 is 27.3 Å². The van der Waals surface area contributed by atoms with Gasteiger partial charge in [-0.3, -0.25) is 4.90 Å². The summed E-state index contributed by atoms with van der Waals surface area (Å²) in [5, 5.41) is 0. The van der Waals surface area contributed by atoms with Gasteiger partial charge in [0, 0.05) is 29.7 Å². The van der Waals surface area contributed by atoms with E-state index in [-0.39, 0.29) is 5.54 Å². The molecule has 0 spiro atoms. The van der Waals surface area contributed by atoms with Crippen molar-refractivity contribution in [2.75, 3.05) is 0 Å². The fraction of sp³-hybridized carbons (Fsp3) is 0.400. The third kappa shape index (κ3) is 4.41. The van der Waals surface area contributed by atoms with E-state index in [1.807, 2.05) is 6.20 Å². The smallest absolute Gasteiger partial charge is 0.159 e. The fourth-order valence-corrected chi connectivity index (χ4v) is 3.25. The van der Waals surface area contributed by atoms with Gasteiger partial charge in [-0.2, -0.15) is 0 Å². The molecule has 0 fully saturated rings. The second-order valence-electron chi connectivity index (χ2n) is 5.59. The number of hydrogen-bond donors (Lipinski definition) is 0.